The second kappa shape index (κ2) is 6.25. The van der Waals surface area contributed by atoms with Gasteiger partial charge in [-0.1, -0.05) is 0 Å². The van der Waals surface area contributed by atoms with E-state index < -0.39 is 11.9 Å². The number of carbonyl (C=O) groups excluding carboxylic acids is 2. The van der Waals surface area contributed by atoms with Gasteiger partial charge in [0.15, 0.2) is 0 Å². The number of esters is 2. The van der Waals surface area contributed by atoms with E-state index in [4.69, 9.17) is 10.5 Å². The molecule has 100 valence electrons. The van der Waals surface area contributed by atoms with E-state index in [9.17, 15) is 9.59 Å². The van der Waals surface area contributed by atoms with Crippen LogP contribution < -0.4 is 11.1 Å². The summed E-state index contributed by atoms with van der Waals surface area (Å²) in [4.78, 5) is 23.5. The van der Waals surface area contributed by atoms with Crippen molar-refractivity contribution < 1.29 is 19.1 Å². The highest BCUT2D eigenvalue weighted by Crippen LogP contribution is 2.36. The summed E-state index contributed by atoms with van der Waals surface area (Å²) < 4.78 is 9.53. The summed E-state index contributed by atoms with van der Waals surface area (Å²) in [5.41, 5.74) is 6.11. The summed E-state index contributed by atoms with van der Waals surface area (Å²) in [7, 11) is 1.26. The van der Waals surface area contributed by atoms with Gasteiger partial charge in [0.1, 0.15) is 15.4 Å². The molecule has 1 aromatic rings. The van der Waals surface area contributed by atoms with Gasteiger partial charge < -0.3 is 20.5 Å². The first-order chi connectivity index (χ1) is 8.56. The molecule has 0 aliphatic carbocycles. The monoisotopic (exact) mass is 272 g/mol. The molecular weight excluding hydrogens is 256 g/mol. The number of hydrogen-bond donors (Lipinski definition) is 2. The van der Waals surface area contributed by atoms with E-state index in [1.807, 2.05) is 6.92 Å². The molecule has 0 fully saturated rings. The maximum Gasteiger partial charge on any atom is 0.350 e. The fraction of sp³-hybridized carbons (Fsp3) is 0.455. The molecule has 0 spiro atoms. The first-order valence-corrected chi connectivity index (χ1v) is 6.29. The molecule has 1 heterocycles. The number of hydrogen-bond acceptors (Lipinski definition) is 7. The van der Waals surface area contributed by atoms with Crippen LogP contribution in [0.3, 0.4) is 0 Å². The van der Waals surface area contributed by atoms with Crippen LogP contribution in [0.15, 0.2) is 0 Å². The van der Waals surface area contributed by atoms with E-state index in [0.29, 0.717) is 11.5 Å². The number of nitrogens with one attached hydrogen (secondary N) is 1. The zero-order chi connectivity index (χ0) is 13.7. The van der Waals surface area contributed by atoms with E-state index in [1.54, 1.807) is 6.92 Å². The maximum atomic E-state index is 11.8. The molecule has 0 aliphatic rings. The Bertz CT molecular complexity index is 456. The lowest BCUT2D eigenvalue weighted by Crippen LogP contribution is -2.10. The Labute approximate surface area is 109 Å². The molecule has 0 amide bonds. The summed E-state index contributed by atoms with van der Waals surface area (Å²) in [5.74, 6) is -1.11. The molecule has 18 heavy (non-hydrogen) atoms. The smallest absolute Gasteiger partial charge is 0.350 e. The van der Waals surface area contributed by atoms with Crippen LogP contribution in [0.25, 0.3) is 0 Å². The molecule has 0 radical (unpaired) electrons. The minimum atomic E-state index is -0.563. The number of rotatable bonds is 5. The number of thiophene rings is 1. The topological polar surface area (TPSA) is 90.6 Å². The third-order valence-corrected chi connectivity index (χ3v) is 3.28. The molecule has 0 atom stereocenters. The van der Waals surface area contributed by atoms with Crippen LogP contribution in [-0.2, 0) is 9.47 Å². The fourth-order valence-corrected chi connectivity index (χ4v) is 2.47. The number of nitrogen functional groups attached to an aromatic ring is 1. The third-order valence-electron chi connectivity index (χ3n) is 2.13. The first-order valence-electron chi connectivity index (χ1n) is 5.48. The van der Waals surface area contributed by atoms with Crippen molar-refractivity contribution in [2.24, 2.45) is 0 Å². The van der Waals surface area contributed by atoms with Crippen LogP contribution >= 0.6 is 11.3 Å². The van der Waals surface area contributed by atoms with Gasteiger partial charge in [-0.05, 0) is 13.8 Å². The minimum absolute atomic E-state index is 0.0984. The van der Waals surface area contributed by atoms with Crippen LogP contribution in [0.4, 0.5) is 10.7 Å². The number of carbonyl (C=O) groups is 2. The average Bonchev–Trinajstić information content (AvgIpc) is 2.66. The molecule has 0 bridgehead atoms. The van der Waals surface area contributed by atoms with Gasteiger partial charge in [0.2, 0.25) is 0 Å². The highest BCUT2D eigenvalue weighted by atomic mass is 32.1. The molecular formula is C11H16N2O4S. The lowest BCUT2D eigenvalue weighted by Gasteiger charge is -2.05. The summed E-state index contributed by atoms with van der Waals surface area (Å²) in [6, 6.07) is 0. The summed E-state index contributed by atoms with van der Waals surface area (Å²) in [6.07, 6.45) is 0. The SMILES string of the molecule is CCNc1sc(C(=O)OC)c(N)c1C(=O)OCC. The second-order valence-electron chi connectivity index (χ2n) is 3.29. The lowest BCUT2D eigenvalue weighted by atomic mass is 10.2. The second-order valence-corrected chi connectivity index (χ2v) is 4.31. The molecule has 1 rings (SSSR count). The van der Waals surface area contributed by atoms with Crippen molar-refractivity contribution in [1.29, 1.82) is 0 Å². The summed E-state index contributed by atoms with van der Waals surface area (Å²) in [6.45, 7) is 4.43. The third kappa shape index (κ3) is 2.73. The molecule has 7 heteroatoms. The molecule has 1 aromatic heterocycles. The normalized spacial score (nSPS) is 9.94. The summed E-state index contributed by atoms with van der Waals surface area (Å²) >= 11 is 1.09. The van der Waals surface area contributed by atoms with Crippen molar-refractivity contribution in [2.45, 2.75) is 13.8 Å². The molecule has 0 aromatic carbocycles. The summed E-state index contributed by atoms with van der Waals surface area (Å²) in [5, 5.41) is 3.51. The van der Waals surface area contributed by atoms with Gasteiger partial charge in [-0.2, -0.15) is 0 Å². The van der Waals surface area contributed by atoms with E-state index in [0.717, 1.165) is 11.3 Å². The highest BCUT2D eigenvalue weighted by molar-refractivity contribution is 7.19. The first kappa shape index (κ1) is 14.3. The Morgan fingerprint density at radius 2 is 2.00 bits per heavy atom. The zero-order valence-electron chi connectivity index (χ0n) is 10.5. The van der Waals surface area contributed by atoms with Crippen LogP contribution in [0.2, 0.25) is 0 Å². The van der Waals surface area contributed by atoms with E-state index in [1.165, 1.54) is 7.11 Å². The molecule has 0 saturated carbocycles. The van der Waals surface area contributed by atoms with Crippen molar-refractivity contribution in [3.63, 3.8) is 0 Å². The van der Waals surface area contributed by atoms with E-state index >= 15 is 0 Å². The molecule has 6 nitrogen and oxygen atoms in total. The highest BCUT2D eigenvalue weighted by Gasteiger charge is 2.26. The molecule has 0 saturated heterocycles. The maximum absolute atomic E-state index is 11.8. The minimum Gasteiger partial charge on any atom is -0.465 e. The van der Waals surface area contributed by atoms with Crippen LogP contribution in [0, 0.1) is 0 Å². The van der Waals surface area contributed by atoms with Crippen molar-refractivity contribution >= 4 is 34.0 Å². The van der Waals surface area contributed by atoms with Crippen molar-refractivity contribution in [3.05, 3.63) is 10.4 Å². The van der Waals surface area contributed by atoms with Gasteiger partial charge in [-0.3, -0.25) is 0 Å². The lowest BCUT2D eigenvalue weighted by molar-refractivity contribution is 0.0529. The van der Waals surface area contributed by atoms with E-state index in [-0.39, 0.29) is 22.7 Å². The van der Waals surface area contributed by atoms with Crippen molar-refractivity contribution in [2.75, 3.05) is 31.3 Å². The van der Waals surface area contributed by atoms with Gasteiger partial charge in [0.05, 0.1) is 19.4 Å². The van der Waals surface area contributed by atoms with Gasteiger partial charge >= 0.3 is 11.9 Å². The van der Waals surface area contributed by atoms with Gasteiger partial charge in [0, 0.05) is 6.54 Å². The Morgan fingerprint density at radius 1 is 1.33 bits per heavy atom. The largest absolute Gasteiger partial charge is 0.465 e. The number of ether oxygens (including phenoxy) is 2. The Kier molecular flexibility index (Phi) is 4.96. The average molecular weight is 272 g/mol. The number of methoxy groups -OCH3 is 1. The Hall–Kier alpha value is -1.76. The molecule has 0 unspecified atom stereocenters. The predicted octanol–water partition coefficient (Wildman–Crippen LogP) is 1.73. The van der Waals surface area contributed by atoms with Crippen molar-refractivity contribution in [3.8, 4) is 0 Å². The quantitative estimate of drug-likeness (QED) is 0.793. The van der Waals surface area contributed by atoms with Gasteiger partial charge in [-0.15, -0.1) is 11.3 Å². The Balaban J connectivity index is 3.24. The fourth-order valence-electron chi connectivity index (χ4n) is 1.38. The predicted molar refractivity (Wildman–Crippen MR) is 70.2 cm³/mol. The Morgan fingerprint density at radius 3 is 2.50 bits per heavy atom. The van der Waals surface area contributed by atoms with Gasteiger partial charge in [-0.25, -0.2) is 9.59 Å². The molecule has 0 aliphatic heterocycles. The van der Waals surface area contributed by atoms with E-state index in [2.05, 4.69) is 10.1 Å². The van der Waals surface area contributed by atoms with Crippen LogP contribution in [0.1, 0.15) is 33.9 Å². The zero-order valence-corrected chi connectivity index (χ0v) is 11.3. The number of nitrogens with two attached hydrogens (primary N) is 1. The number of anilines is 2. The standard InChI is InChI=1S/C11H16N2O4S/c1-4-13-9-6(10(14)17-5-2)7(12)8(18-9)11(15)16-3/h13H,4-5,12H2,1-3H3. The van der Waals surface area contributed by atoms with Crippen LogP contribution in [-0.4, -0.2) is 32.2 Å². The van der Waals surface area contributed by atoms with Gasteiger partial charge in [0.25, 0.3) is 0 Å². The molecule has 3 N–H and O–H groups in total. The van der Waals surface area contributed by atoms with Crippen LogP contribution in [0.5, 0.6) is 0 Å². The van der Waals surface area contributed by atoms with Crippen molar-refractivity contribution in [1.82, 2.24) is 0 Å².